The van der Waals surface area contributed by atoms with Gasteiger partial charge in [0.1, 0.15) is 6.04 Å². The van der Waals surface area contributed by atoms with E-state index in [1.807, 2.05) is 28.0 Å². The summed E-state index contributed by atoms with van der Waals surface area (Å²) in [7, 11) is 0. The minimum Gasteiger partial charge on any atom is -0.385 e. The van der Waals surface area contributed by atoms with E-state index in [1.165, 1.54) is 5.56 Å². The zero-order valence-electron chi connectivity index (χ0n) is 30.2. The molecule has 14 nitrogen and oxygen atoms in total. The van der Waals surface area contributed by atoms with E-state index in [2.05, 4.69) is 29.0 Å². The van der Waals surface area contributed by atoms with Gasteiger partial charge in [0.15, 0.2) is 0 Å². The van der Waals surface area contributed by atoms with Crippen LogP contribution in [0, 0.1) is 0 Å². The minimum atomic E-state index is -0.987. The second-order valence-corrected chi connectivity index (χ2v) is 14.6. The van der Waals surface area contributed by atoms with Crippen LogP contribution in [0.3, 0.4) is 0 Å². The normalized spacial score (nSPS) is 19.7. The first-order valence-electron chi connectivity index (χ1n) is 19.1. The number of anilines is 1. The summed E-state index contributed by atoms with van der Waals surface area (Å²) in [6, 6.07) is 10.5. The summed E-state index contributed by atoms with van der Waals surface area (Å²) >= 11 is 0. The van der Waals surface area contributed by atoms with Crippen LogP contribution in [0.5, 0.6) is 0 Å². The highest BCUT2D eigenvalue weighted by Crippen LogP contribution is 2.33. The van der Waals surface area contributed by atoms with Crippen LogP contribution in [-0.2, 0) is 19.1 Å². The summed E-state index contributed by atoms with van der Waals surface area (Å²) in [5.74, 6) is -1.48. The van der Waals surface area contributed by atoms with Crippen LogP contribution in [0.4, 0.5) is 5.69 Å². The molecule has 0 bridgehead atoms. The lowest BCUT2D eigenvalue weighted by Gasteiger charge is -2.32. The van der Waals surface area contributed by atoms with E-state index in [0.29, 0.717) is 37.7 Å². The quantitative estimate of drug-likeness (QED) is 0.164. The Hall–Kier alpha value is -5.50. The number of aromatic nitrogens is 4. The molecule has 0 saturated carbocycles. The molecular weight excluding hydrogens is 688 g/mol. The number of hydrogen-bond acceptors (Lipinski definition) is 10. The zero-order valence-corrected chi connectivity index (χ0v) is 30.2. The molecule has 3 fully saturated rings. The van der Waals surface area contributed by atoms with Crippen molar-refractivity contribution < 1.29 is 28.7 Å². The molecule has 3 saturated heterocycles. The Labute approximate surface area is 312 Å². The second kappa shape index (κ2) is 15.5. The largest absolute Gasteiger partial charge is 0.385 e. The Morgan fingerprint density at radius 2 is 1.72 bits per heavy atom. The summed E-state index contributed by atoms with van der Waals surface area (Å²) in [5.41, 5.74) is 6.05. The highest BCUT2D eigenvalue weighted by atomic mass is 16.5. The van der Waals surface area contributed by atoms with Crippen LogP contribution in [0.2, 0.25) is 0 Å². The lowest BCUT2D eigenvalue weighted by atomic mass is 9.90. The molecule has 0 aliphatic carbocycles. The van der Waals surface area contributed by atoms with Gasteiger partial charge in [-0.3, -0.25) is 43.9 Å². The van der Waals surface area contributed by atoms with E-state index in [-0.39, 0.29) is 35.9 Å². The van der Waals surface area contributed by atoms with E-state index in [4.69, 9.17) is 19.8 Å². The molecule has 0 radical (unpaired) electrons. The van der Waals surface area contributed by atoms with Crippen molar-refractivity contribution in [2.24, 2.45) is 0 Å². The monoisotopic (exact) mass is 732 g/mol. The van der Waals surface area contributed by atoms with Gasteiger partial charge in [0.25, 0.3) is 11.8 Å². The third-order valence-corrected chi connectivity index (χ3v) is 11.2. The number of hydrogen-bond donors (Lipinski definition) is 2. The van der Waals surface area contributed by atoms with Gasteiger partial charge in [0.2, 0.25) is 17.7 Å². The van der Waals surface area contributed by atoms with Gasteiger partial charge in [0.05, 0.1) is 46.3 Å². The summed E-state index contributed by atoms with van der Waals surface area (Å²) in [4.78, 5) is 75.6. The van der Waals surface area contributed by atoms with Crippen molar-refractivity contribution in [3.63, 3.8) is 0 Å². The first kappa shape index (κ1) is 35.5. The summed E-state index contributed by atoms with van der Waals surface area (Å²) in [6.45, 7) is 3.59. The summed E-state index contributed by atoms with van der Waals surface area (Å²) in [5, 5.41) is 10.2. The molecule has 6 heterocycles. The number of imide groups is 2. The average Bonchev–Trinajstić information content (AvgIpc) is 3.79. The van der Waals surface area contributed by atoms with Crippen molar-refractivity contribution in [1.29, 1.82) is 0 Å². The van der Waals surface area contributed by atoms with Gasteiger partial charge in [-0.1, -0.05) is 18.6 Å². The number of piperidine rings is 2. The maximum atomic E-state index is 13.1. The highest BCUT2D eigenvalue weighted by Gasteiger charge is 2.44. The molecule has 4 aliphatic rings. The van der Waals surface area contributed by atoms with E-state index >= 15 is 0 Å². The second-order valence-electron chi connectivity index (χ2n) is 14.6. The molecule has 1 atom stereocenters. The van der Waals surface area contributed by atoms with Crippen molar-refractivity contribution in [1.82, 2.24) is 34.9 Å². The van der Waals surface area contributed by atoms with Crippen LogP contribution in [0.1, 0.15) is 102 Å². The van der Waals surface area contributed by atoms with E-state index < -0.39 is 29.7 Å². The van der Waals surface area contributed by atoms with Crippen LogP contribution in [-0.4, -0.2) is 98.0 Å². The number of rotatable bonds is 11. The number of unbranched alkanes of at least 4 members (excludes halogenated alkanes) is 2. The molecule has 4 aromatic rings. The number of benzene rings is 2. The number of carbonyl (C=O) groups is 5. The van der Waals surface area contributed by atoms with Crippen molar-refractivity contribution in [3.8, 4) is 11.3 Å². The molecule has 0 spiro atoms. The maximum absolute atomic E-state index is 13.1. The number of para-hydroxylation sites is 1. The number of likely N-dealkylation sites (tertiary alicyclic amines) is 1. The number of nitrogens with one attached hydrogen (secondary N) is 2. The van der Waals surface area contributed by atoms with Crippen LogP contribution < -0.4 is 10.6 Å². The summed E-state index contributed by atoms with van der Waals surface area (Å²) in [6.07, 6.45) is 12.6. The average molecular weight is 733 g/mol. The molecule has 2 aromatic carbocycles. The van der Waals surface area contributed by atoms with Crippen molar-refractivity contribution >= 4 is 46.3 Å². The molecule has 2 N–H and O–H groups in total. The first-order valence-corrected chi connectivity index (χ1v) is 19.1. The minimum absolute atomic E-state index is 0.0798. The van der Waals surface area contributed by atoms with Gasteiger partial charge in [-0.2, -0.15) is 5.10 Å². The van der Waals surface area contributed by atoms with Gasteiger partial charge < -0.3 is 15.0 Å². The van der Waals surface area contributed by atoms with Crippen molar-refractivity contribution in [2.75, 3.05) is 38.2 Å². The topological polar surface area (TPSA) is 169 Å². The fraction of sp³-hybridized carbons (Fsp3) is 0.450. The lowest BCUT2D eigenvalue weighted by Crippen LogP contribution is -2.54. The molecule has 4 aliphatic heterocycles. The first-order chi connectivity index (χ1) is 26.3. The van der Waals surface area contributed by atoms with Gasteiger partial charge in [-0.05, 0) is 80.7 Å². The molecule has 14 heteroatoms. The third kappa shape index (κ3) is 7.22. The lowest BCUT2D eigenvalue weighted by molar-refractivity contribution is -0.136. The molecular formula is C40H44N8O6. The van der Waals surface area contributed by atoms with Crippen LogP contribution in [0.15, 0.2) is 55.0 Å². The fourth-order valence-electron chi connectivity index (χ4n) is 8.13. The number of fused-ring (bicyclic) bond motifs is 2. The zero-order chi connectivity index (χ0) is 37.2. The maximum Gasteiger partial charge on any atom is 0.262 e. The van der Waals surface area contributed by atoms with E-state index in [1.54, 1.807) is 18.2 Å². The Kier molecular flexibility index (Phi) is 10.2. The van der Waals surface area contributed by atoms with Gasteiger partial charge in [0, 0.05) is 63.1 Å². The fourth-order valence-corrected chi connectivity index (χ4v) is 8.13. The number of carbonyl (C=O) groups excluding carboxylic acids is 5. The Balaban J connectivity index is 0.770. The van der Waals surface area contributed by atoms with Crippen molar-refractivity contribution in [3.05, 3.63) is 71.7 Å². The molecule has 5 amide bonds. The van der Waals surface area contributed by atoms with E-state index in [9.17, 15) is 24.0 Å². The highest BCUT2D eigenvalue weighted by molar-refractivity contribution is 6.23. The SMILES string of the molecule is O=C1CCC(N2C(=O)c3ccc(NCCCCCC(=O)N4CCC(n5cc(-c6cnc7cccc(C8CCOCC8)c7n6)cn5)CC4)cc3C2=O)C(=O)N1. The molecule has 8 rings (SSSR count). The third-order valence-electron chi connectivity index (χ3n) is 11.2. The van der Waals surface area contributed by atoms with Gasteiger partial charge >= 0.3 is 0 Å². The van der Waals surface area contributed by atoms with E-state index in [0.717, 1.165) is 85.4 Å². The van der Waals surface area contributed by atoms with Gasteiger partial charge in [-0.25, -0.2) is 4.98 Å². The Morgan fingerprint density at radius 1 is 0.907 bits per heavy atom. The van der Waals surface area contributed by atoms with Crippen molar-refractivity contribution in [2.45, 2.75) is 82.2 Å². The molecule has 1 unspecified atom stereocenters. The van der Waals surface area contributed by atoms with Gasteiger partial charge in [-0.15, -0.1) is 0 Å². The molecule has 54 heavy (non-hydrogen) atoms. The molecule has 280 valence electrons. The number of nitrogens with zero attached hydrogens (tertiary/aromatic N) is 6. The van der Waals surface area contributed by atoms with Crippen LogP contribution in [0.25, 0.3) is 22.3 Å². The predicted molar refractivity (Wildman–Crippen MR) is 198 cm³/mol. The predicted octanol–water partition coefficient (Wildman–Crippen LogP) is 4.62. The number of ether oxygens (including phenoxy) is 1. The molecule has 2 aromatic heterocycles. The number of amides is 5. The summed E-state index contributed by atoms with van der Waals surface area (Å²) < 4.78 is 7.60. The smallest absolute Gasteiger partial charge is 0.262 e. The van der Waals surface area contributed by atoms with Crippen LogP contribution >= 0.6 is 0 Å². The Morgan fingerprint density at radius 3 is 2.54 bits per heavy atom. The Bertz CT molecular complexity index is 2100. The standard InChI is InChI=1S/C40H44N8O6/c49-35-11-10-34(38(51)45-35)48-39(52)30-9-8-27(21-31(30)40(48)53)41-16-3-1-2-7-36(50)46-17-12-28(13-18-46)47-24-26(22-43-47)33-23-42-32-6-4-5-29(37(32)44-33)25-14-19-54-20-15-25/h4-6,8-9,21-25,28,34,41H,1-3,7,10-20H2,(H,45,49,51).